The fraction of sp³-hybridized carbons (Fsp3) is 0.462. The largest absolute Gasteiger partial charge is 0.335 e. The Balaban J connectivity index is 2.26. The highest BCUT2D eigenvalue weighted by atomic mass is 79.9. The fourth-order valence-corrected chi connectivity index (χ4v) is 2.92. The SMILES string of the molecule is O=C(c1cc(F)ccc1F)N1CCCCC1CBr. The van der Waals surface area contributed by atoms with Gasteiger partial charge in [0.2, 0.25) is 0 Å². The first-order valence-corrected chi connectivity index (χ1v) is 7.07. The third-order valence-electron chi connectivity index (χ3n) is 3.22. The third kappa shape index (κ3) is 2.71. The maximum atomic E-state index is 13.6. The molecule has 1 aromatic rings. The molecule has 0 bridgehead atoms. The molecule has 1 fully saturated rings. The number of carbonyl (C=O) groups excluding carboxylic acids is 1. The Labute approximate surface area is 113 Å². The molecule has 5 heteroatoms. The van der Waals surface area contributed by atoms with Gasteiger partial charge in [-0.1, -0.05) is 15.9 Å². The minimum absolute atomic E-state index is 0.0638. The molecule has 1 aromatic carbocycles. The van der Waals surface area contributed by atoms with Crippen LogP contribution in [0.4, 0.5) is 8.78 Å². The predicted molar refractivity (Wildman–Crippen MR) is 68.8 cm³/mol. The molecule has 1 saturated heterocycles. The molecule has 0 aliphatic carbocycles. The zero-order valence-electron chi connectivity index (χ0n) is 9.83. The Kier molecular flexibility index (Phi) is 4.32. The molecule has 2 nitrogen and oxygen atoms in total. The van der Waals surface area contributed by atoms with Crippen LogP contribution < -0.4 is 0 Å². The van der Waals surface area contributed by atoms with Crippen molar-refractivity contribution in [3.8, 4) is 0 Å². The van der Waals surface area contributed by atoms with Crippen LogP contribution in [0, 0.1) is 11.6 Å². The minimum Gasteiger partial charge on any atom is -0.335 e. The van der Waals surface area contributed by atoms with Crippen LogP contribution in [0.5, 0.6) is 0 Å². The summed E-state index contributed by atoms with van der Waals surface area (Å²) in [6.45, 7) is 0.602. The molecular formula is C13H14BrF2NO. The summed E-state index contributed by atoms with van der Waals surface area (Å²) in [5, 5.41) is 0.662. The van der Waals surface area contributed by atoms with Crippen molar-refractivity contribution in [2.75, 3.05) is 11.9 Å². The number of hydrogen-bond donors (Lipinski definition) is 0. The molecule has 1 atom stereocenters. The fourth-order valence-electron chi connectivity index (χ4n) is 2.24. The third-order valence-corrected chi connectivity index (χ3v) is 3.97. The number of piperidine rings is 1. The van der Waals surface area contributed by atoms with Gasteiger partial charge in [0.25, 0.3) is 5.91 Å². The van der Waals surface area contributed by atoms with E-state index in [1.54, 1.807) is 4.90 Å². The summed E-state index contributed by atoms with van der Waals surface area (Å²) in [4.78, 5) is 13.9. The molecule has 0 N–H and O–H groups in total. The van der Waals surface area contributed by atoms with Crippen molar-refractivity contribution in [1.29, 1.82) is 0 Å². The van der Waals surface area contributed by atoms with Gasteiger partial charge in [-0.25, -0.2) is 8.78 Å². The lowest BCUT2D eigenvalue weighted by Gasteiger charge is -2.34. The van der Waals surface area contributed by atoms with Crippen molar-refractivity contribution in [2.45, 2.75) is 25.3 Å². The van der Waals surface area contributed by atoms with E-state index < -0.39 is 17.5 Å². The van der Waals surface area contributed by atoms with E-state index in [0.717, 1.165) is 37.5 Å². The number of amides is 1. The van der Waals surface area contributed by atoms with Gasteiger partial charge in [-0.05, 0) is 37.5 Å². The number of carbonyl (C=O) groups is 1. The van der Waals surface area contributed by atoms with Gasteiger partial charge in [0.05, 0.1) is 5.56 Å². The Morgan fingerprint density at radius 1 is 1.39 bits per heavy atom. The van der Waals surface area contributed by atoms with E-state index >= 15 is 0 Å². The molecule has 1 unspecified atom stereocenters. The number of benzene rings is 1. The van der Waals surface area contributed by atoms with Crippen LogP contribution >= 0.6 is 15.9 Å². The topological polar surface area (TPSA) is 20.3 Å². The number of halogens is 3. The van der Waals surface area contributed by atoms with Crippen LogP contribution in [-0.2, 0) is 0 Å². The summed E-state index contributed by atoms with van der Waals surface area (Å²) in [7, 11) is 0. The van der Waals surface area contributed by atoms with Crippen LogP contribution in [0.25, 0.3) is 0 Å². The Bertz CT molecular complexity index is 453. The van der Waals surface area contributed by atoms with Crippen LogP contribution in [0.2, 0.25) is 0 Å². The van der Waals surface area contributed by atoms with E-state index in [9.17, 15) is 13.6 Å². The second-order valence-corrected chi connectivity index (χ2v) is 5.07. The van der Waals surface area contributed by atoms with E-state index in [2.05, 4.69) is 15.9 Å². The lowest BCUT2D eigenvalue weighted by molar-refractivity contribution is 0.0636. The molecule has 0 spiro atoms. The van der Waals surface area contributed by atoms with E-state index in [4.69, 9.17) is 0 Å². The maximum absolute atomic E-state index is 13.6. The Morgan fingerprint density at radius 2 is 2.17 bits per heavy atom. The molecule has 0 saturated carbocycles. The van der Waals surface area contributed by atoms with E-state index in [0.29, 0.717) is 11.9 Å². The van der Waals surface area contributed by atoms with Gasteiger partial charge in [-0.3, -0.25) is 4.79 Å². The zero-order chi connectivity index (χ0) is 13.1. The predicted octanol–water partition coefficient (Wildman–Crippen LogP) is 3.35. The number of likely N-dealkylation sites (tertiary alicyclic amines) is 1. The summed E-state index contributed by atoms with van der Waals surface area (Å²) in [5.41, 5.74) is -0.178. The smallest absolute Gasteiger partial charge is 0.257 e. The highest BCUT2D eigenvalue weighted by Crippen LogP contribution is 2.22. The normalized spacial score (nSPS) is 19.9. The lowest BCUT2D eigenvalue weighted by atomic mass is 10.0. The highest BCUT2D eigenvalue weighted by molar-refractivity contribution is 9.09. The van der Waals surface area contributed by atoms with Gasteiger partial charge in [-0.15, -0.1) is 0 Å². The number of rotatable bonds is 2. The molecule has 1 heterocycles. The standard InChI is InChI=1S/C13H14BrF2NO/c14-8-10-3-1-2-6-17(10)13(18)11-7-9(15)4-5-12(11)16/h4-5,7,10H,1-3,6,8H2. The molecule has 2 rings (SSSR count). The van der Waals surface area contributed by atoms with Crippen LogP contribution in [0.15, 0.2) is 18.2 Å². The second-order valence-electron chi connectivity index (χ2n) is 4.43. The van der Waals surface area contributed by atoms with E-state index in [1.165, 1.54) is 0 Å². The van der Waals surface area contributed by atoms with Gasteiger partial charge in [-0.2, -0.15) is 0 Å². The van der Waals surface area contributed by atoms with Crippen molar-refractivity contribution in [3.63, 3.8) is 0 Å². The first kappa shape index (κ1) is 13.5. The van der Waals surface area contributed by atoms with Gasteiger partial charge < -0.3 is 4.90 Å². The summed E-state index contributed by atoms with van der Waals surface area (Å²) >= 11 is 3.36. The zero-order valence-corrected chi connectivity index (χ0v) is 11.4. The van der Waals surface area contributed by atoms with E-state index in [-0.39, 0.29) is 11.6 Å². The quantitative estimate of drug-likeness (QED) is 0.766. The Hall–Kier alpha value is -0.970. The van der Waals surface area contributed by atoms with Gasteiger partial charge in [0.15, 0.2) is 0 Å². The average molecular weight is 318 g/mol. The van der Waals surface area contributed by atoms with Crippen LogP contribution in [0.1, 0.15) is 29.6 Å². The lowest BCUT2D eigenvalue weighted by Crippen LogP contribution is -2.44. The monoisotopic (exact) mass is 317 g/mol. The maximum Gasteiger partial charge on any atom is 0.257 e. The Morgan fingerprint density at radius 3 is 2.89 bits per heavy atom. The van der Waals surface area contributed by atoms with Gasteiger partial charge in [0, 0.05) is 17.9 Å². The second kappa shape index (κ2) is 5.78. The molecule has 0 radical (unpaired) electrons. The van der Waals surface area contributed by atoms with Crippen LogP contribution in [-0.4, -0.2) is 28.7 Å². The summed E-state index contributed by atoms with van der Waals surface area (Å²) in [5.74, 6) is -1.68. The highest BCUT2D eigenvalue weighted by Gasteiger charge is 2.28. The van der Waals surface area contributed by atoms with Gasteiger partial charge >= 0.3 is 0 Å². The molecule has 1 amide bonds. The summed E-state index contributed by atoms with van der Waals surface area (Å²) in [6.07, 6.45) is 2.87. The molecule has 18 heavy (non-hydrogen) atoms. The van der Waals surface area contributed by atoms with Crippen molar-refractivity contribution in [1.82, 2.24) is 4.90 Å². The van der Waals surface area contributed by atoms with Crippen molar-refractivity contribution in [2.24, 2.45) is 0 Å². The van der Waals surface area contributed by atoms with Crippen molar-refractivity contribution >= 4 is 21.8 Å². The number of hydrogen-bond acceptors (Lipinski definition) is 1. The van der Waals surface area contributed by atoms with Gasteiger partial charge in [0.1, 0.15) is 11.6 Å². The van der Waals surface area contributed by atoms with E-state index in [1.807, 2.05) is 0 Å². The molecular weight excluding hydrogens is 304 g/mol. The van der Waals surface area contributed by atoms with Crippen molar-refractivity contribution < 1.29 is 13.6 Å². The number of nitrogens with zero attached hydrogens (tertiary/aromatic N) is 1. The average Bonchev–Trinajstić information content (AvgIpc) is 2.40. The van der Waals surface area contributed by atoms with Crippen LogP contribution in [0.3, 0.4) is 0 Å². The molecule has 98 valence electrons. The first-order valence-electron chi connectivity index (χ1n) is 5.95. The first-order chi connectivity index (χ1) is 8.63. The summed E-state index contributed by atoms with van der Waals surface area (Å²) in [6, 6.07) is 3.05. The number of alkyl halides is 1. The van der Waals surface area contributed by atoms with Crippen molar-refractivity contribution in [3.05, 3.63) is 35.4 Å². The molecule has 1 aliphatic heterocycles. The summed E-state index contributed by atoms with van der Waals surface area (Å²) < 4.78 is 26.7. The molecule has 0 aromatic heterocycles. The minimum atomic E-state index is -0.666. The molecule has 1 aliphatic rings.